The number of rotatable bonds is 3. The Hall–Kier alpha value is -2.48. The molecule has 2 aromatic heterocycles. The van der Waals surface area contributed by atoms with Gasteiger partial charge in [-0.2, -0.15) is 4.98 Å². The summed E-state index contributed by atoms with van der Waals surface area (Å²) in [6, 6.07) is 6.36. The van der Waals surface area contributed by atoms with E-state index in [2.05, 4.69) is 15.0 Å². The molecule has 0 atom stereocenters. The minimum atomic E-state index is -3.73. The highest BCUT2D eigenvalue weighted by atomic mass is 32.2. The lowest BCUT2D eigenvalue weighted by Gasteiger charge is -1.97. The smallest absolute Gasteiger partial charge is 0.316 e. The van der Waals surface area contributed by atoms with Crippen LogP contribution in [0.3, 0.4) is 0 Å². The van der Waals surface area contributed by atoms with Crippen LogP contribution in [0.1, 0.15) is 5.82 Å². The summed E-state index contributed by atoms with van der Waals surface area (Å²) in [5.74, 6) is -0.176. The van der Waals surface area contributed by atoms with Gasteiger partial charge in [-0.3, -0.25) is 0 Å². The Labute approximate surface area is 114 Å². The van der Waals surface area contributed by atoms with Crippen molar-refractivity contribution in [2.45, 2.75) is 11.0 Å². The van der Waals surface area contributed by atoms with Gasteiger partial charge < -0.3 is 10.2 Å². The van der Waals surface area contributed by atoms with Gasteiger partial charge in [-0.1, -0.05) is 0 Å². The first kappa shape index (κ1) is 12.5. The summed E-state index contributed by atoms with van der Waals surface area (Å²) in [7, 11) is -3.73. The molecule has 1 aromatic carbocycles. The number of nitrogen functional groups attached to an aromatic ring is 1. The van der Waals surface area contributed by atoms with Crippen molar-refractivity contribution in [3.05, 3.63) is 42.5 Å². The summed E-state index contributed by atoms with van der Waals surface area (Å²) in [6.07, 6.45) is 2.95. The number of hydrogen-bond acceptors (Lipinski definition) is 7. The van der Waals surface area contributed by atoms with Crippen LogP contribution in [0.15, 0.2) is 46.3 Å². The monoisotopic (exact) mass is 290 g/mol. The molecule has 0 aliphatic heterocycles. The summed E-state index contributed by atoms with van der Waals surface area (Å²) in [6.45, 7) is 0. The third-order valence-electron chi connectivity index (χ3n) is 2.60. The molecule has 0 aliphatic rings. The van der Waals surface area contributed by atoms with Crippen molar-refractivity contribution in [3.63, 3.8) is 0 Å². The largest absolute Gasteiger partial charge is 0.428 e. The van der Waals surface area contributed by atoms with E-state index < -0.39 is 9.84 Å². The second-order valence-corrected chi connectivity index (χ2v) is 6.00. The number of fused-ring (bicyclic) bond motifs is 1. The Morgan fingerprint density at radius 2 is 1.95 bits per heavy atom. The first-order chi connectivity index (χ1) is 9.54. The van der Waals surface area contributed by atoms with Gasteiger partial charge in [-0.15, -0.1) is 0 Å². The van der Waals surface area contributed by atoms with Gasteiger partial charge in [0.05, 0.1) is 0 Å². The van der Waals surface area contributed by atoms with Gasteiger partial charge in [0.15, 0.2) is 5.58 Å². The first-order valence-corrected chi connectivity index (χ1v) is 7.34. The lowest BCUT2D eigenvalue weighted by Crippen LogP contribution is -2.08. The molecule has 0 fully saturated rings. The third kappa shape index (κ3) is 2.32. The van der Waals surface area contributed by atoms with Gasteiger partial charge in [0, 0.05) is 18.1 Å². The highest BCUT2D eigenvalue weighted by Gasteiger charge is 2.23. The van der Waals surface area contributed by atoms with Crippen LogP contribution in [0.5, 0.6) is 0 Å². The highest BCUT2D eigenvalue weighted by Crippen LogP contribution is 2.22. The minimum Gasteiger partial charge on any atom is -0.428 e. The van der Waals surface area contributed by atoms with Crippen LogP contribution >= 0.6 is 0 Å². The molecule has 2 heterocycles. The number of sulfone groups is 1. The molecular formula is C12H10N4O3S. The molecule has 0 unspecified atom stereocenters. The maximum Gasteiger partial charge on any atom is 0.316 e. The van der Waals surface area contributed by atoms with Gasteiger partial charge >= 0.3 is 5.22 Å². The van der Waals surface area contributed by atoms with E-state index in [-0.39, 0.29) is 16.8 Å². The average Bonchev–Trinajstić information content (AvgIpc) is 2.83. The number of hydrogen-bond donors (Lipinski definition) is 1. The normalized spacial score (nSPS) is 11.8. The maximum atomic E-state index is 12.2. The van der Waals surface area contributed by atoms with Crippen molar-refractivity contribution in [3.8, 4) is 0 Å². The molecule has 20 heavy (non-hydrogen) atoms. The fourth-order valence-corrected chi connectivity index (χ4v) is 2.76. The van der Waals surface area contributed by atoms with Crippen molar-refractivity contribution in [1.29, 1.82) is 0 Å². The van der Waals surface area contributed by atoms with E-state index in [4.69, 9.17) is 10.2 Å². The van der Waals surface area contributed by atoms with Crippen molar-refractivity contribution < 1.29 is 12.8 Å². The zero-order valence-electron chi connectivity index (χ0n) is 10.2. The Balaban J connectivity index is 2.01. The van der Waals surface area contributed by atoms with Crippen molar-refractivity contribution >= 4 is 26.6 Å². The predicted molar refractivity (Wildman–Crippen MR) is 71.3 cm³/mol. The molecule has 0 radical (unpaired) electrons. The summed E-state index contributed by atoms with van der Waals surface area (Å²) in [5, 5.41) is -0.356. The number of nitrogens with zero attached hydrogens (tertiary/aromatic N) is 3. The Morgan fingerprint density at radius 1 is 1.20 bits per heavy atom. The Kier molecular flexibility index (Phi) is 2.87. The lowest BCUT2D eigenvalue weighted by molar-refractivity contribution is 0.457. The van der Waals surface area contributed by atoms with Crippen LogP contribution in [-0.4, -0.2) is 23.4 Å². The van der Waals surface area contributed by atoms with Crippen LogP contribution in [0.2, 0.25) is 0 Å². The second kappa shape index (κ2) is 4.57. The fraction of sp³-hybridized carbons (Fsp3) is 0.0833. The number of aromatic nitrogens is 3. The minimum absolute atomic E-state index is 0.189. The number of oxazole rings is 1. The molecule has 0 amide bonds. The van der Waals surface area contributed by atoms with Crippen molar-refractivity contribution in [2.75, 3.05) is 5.73 Å². The quantitative estimate of drug-likeness (QED) is 0.720. The van der Waals surface area contributed by atoms with Crippen LogP contribution in [0, 0.1) is 0 Å². The van der Waals surface area contributed by atoms with Gasteiger partial charge in [0.25, 0.3) is 0 Å². The molecular weight excluding hydrogens is 280 g/mol. The topological polar surface area (TPSA) is 112 Å². The van der Waals surface area contributed by atoms with Crippen molar-refractivity contribution in [1.82, 2.24) is 15.0 Å². The Morgan fingerprint density at radius 3 is 2.70 bits per heavy atom. The molecule has 3 aromatic rings. The third-order valence-corrected chi connectivity index (χ3v) is 3.94. The summed E-state index contributed by atoms with van der Waals surface area (Å²) in [5.41, 5.74) is 6.87. The van der Waals surface area contributed by atoms with Gasteiger partial charge in [-0.25, -0.2) is 18.4 Å². The van der Waals surface area contributed by atoms with E-state index in [1.807, 2.05) is 0 Å². The Bertz CT molecular complexity index is 859. The van der Waals surface area contributed by atoms with E-state index in [1.165, 1.54) is 12.4 Å². The van der Waals surface area contributed by atoms with Gasteiger partial charge in [-0.05, 0) is 24.3 Å². The molecule has 0 spiro atoms. The number of benzene rings is 1. The van der Waals surface area contributed by atoms with E-state index in [0.717, 1.165) is 0 Å². The zero-order chi connectivity index (χ0) is 14.2. The lowest BCUT2D eigenvalue weighted by atomic mass is 10.3. The molecule has 2 N–H and O–H groups in total. The van der Waals surface area contributed by atoms with Gasteiger partial charge in [0.1, 0.15) is 17.1 Å². The average molecular weight is 290 g/mol. The molecule has 0 aliphatic carbocycles. The number of nitrogens with two attached hydrogens (primary N) is 1. The SMILES string of the molecule is Nc1ccc2oc(S(=O)(=O)Cc3ncccn3)nc2c1. The summed E-state index contributed by atoms with van der Waals surface area (Å²) >= 11 is 0. The van der Waals surface area contributed by atoms with E-state index in [9.17, 15) is 8.42 Å². The maximum absolute atomic E-state index is 12.2. The number of anilines is 1. The van der Waals surface area contributed by atoms with Crippen LogP contribution in [-0.2, 0) is 15.6 Å². The van der Waals surface area contributed by atoms with Crippen molar-refractivity contribution in [2.24, 2.45) is 0 Å². The standard InChI is InChI=1S/C12H10N4O3S/c13-8-2-3-10-9(6-8)16-12(19-10)20(17,18)7-11-14-4-1-5-15-11/h1-6H,7,13H2. The summed E-state index contributed by atoms with van der Waals surface area (Å²) in [4.78, 5) is 11.7. The molecule has 0 bridgehead atoms. The van der Waals surface area contributed by atoms with Crippen LogP contribution < -0.4 is 5.73 Å². The molecule has 0 saturated heterocycles. The fourth-order valence-electron chi connectivity index (χ4n) is 1.69. The zero-order valence-corrected chi connectivity index (χ0v) is 11.0. The molecule has 102 valence electrons. The predicted octanol–water partition coefficient (Wildman–Crippen LogP) is 1.17. The second-order valence-electron chi connectivity index (χ2n) is 4.13. The molecule has 3 rings (SSSR count). The van der Waals surface area contributed by atoms with Gasteiger partial charge in [0.2, 0.25) is 9.84 Å². The van der Waals surface area contributed by atoms with Crippen LogP contribution in [0.25, 0.3) is 11.1 Å². The molecule has 7 nitrogen and oxygen atoms in total. The summed E-state index contributed by atoms with van der Waals surface area (Å²) < 4.78 is 29.6. The van der Waals surface area contributed by atoms with E-state index >= 15 is 0 Å². The highest BCUT2D eigenvalue weighted by molar-refractivity contribution is 7.90. The molecule has 0 saturated carbocycles. The van der Waals surface area contributed by atoms with E-state index in [1.54, 1.807) is 24.3 Å². The van der Waals surface area contributed by atoms with Crippen LogP contribution in [0.4, 0.5) is 5.69 Å². The first-order valence-electron chi connectivity index (χ1n) is 5.69. The molecule has 8 heteroatoms. The van der Waals surface area contributed by atoms with E-state index in [0.29, 0.717) is 16.8 Å².